The molecule has 250 valence electrons. The minimum atomic E-state index is -1.06. The second kappa shape index (κ2) is 15.2. The fourth-order valence-electron chi connectivity index (χ4n) is 5.40. The highest BCUT2D eigenvalue weighted by Crippen LogP contribution is 2.40. The summed E-state index contributed by atoms with van der Waals surface area (Å²) in [5.41, 5.74) is 4.25. The zero-order valence-electron chi connectivity index (χ0n) is 26.7. The molecular weight excluding hydrogens is 653 g/mol. The average Bonchev–Trinajstić information content (AvgIpc) is 3.71. The monoisotopic (exact) mass is 689 g/mol. The predicted molar refractivity (Wildman–Crippen MR) is 186 cm³/mol. The fraction of sp³-hybridized carbons (Fsp3) is 0.314. The van der Waals surface area contributed by atoms with Crippen LogP contribution in [0.2, 0.25) is 10.0 Å². The lowest BCUT2D eigenvalue weighted by Gasteiger charge is -2.29. The van der Waals surface area contributed by atoms with E-state index in [0.717, 1.165) is 40.4 Å². The molecule has 0 aliphatic carbocycles. The number of hydrogen-bond acceptors (Lipinski definition) is 9. The van der Waals surface area contributed by atoms with Crippen molar-refractivity contribution >= 4 is 34.6 Å². The van der Waals surface area contributed by atoms with Crippen LogP contribution in [0.4, 0.5) is 11.4 Å². The van der Waals surface area contributed by atoms with E-state index in [0.29, 0.717) is 42.8 Å². The Labute approximate surface area is 288 Å². The van der Waals surface area contributed by atoms with E-state index in [1.165, 1.54) is 4.68 Å². The van der Waals surface area contributed by atoms with Gasteiger partial charge in [0.05, 0.1) is 34.6 Å². The molecule has 0 amide bonds. The van der Waals surface area contributed by atoms with Crippen LogP contribution in [0.15, 0.2) is 96.3 Å². The molecule has 3 heterocycles. The first-order valence-electron chi connectivity index (χ1n) is 15.8. The van der Waals surface area contributed by atoms with Crippen LogP contribution in [-0.2, 0) is 21.7 Å². The van der Waals surface area contributed by atoms with Gasteiger partial charge in [0.15, 0.2) is 5.79 Å². The van der Waals surface area contributed by atoms with Crippen LogP contribution in [0.3, 0.4) is 0 Å². The third kappa shape index (κ3) is 7.82. The zero-order valence-corrected chi connectivity index (χ0v) is 28.2. The van der Waals surface area contributed by atoms with E-state index in [1.807, 2.05) is 74.5 Å². The number of anilines is 2. The standard InChI is InChI=1S/C35H37Cl2N7O4/c1-3-24(2)44-34(45)43(23-42-44)29-9-5-27(6-10-29)38-16-17-39-28-7-11-30(12-8-28)46-21-31-22-47-35(48-31,19-25-14-15-40-41-20-25)26-4-13-32(36)33(37)18-26/h4-15,18,20,23-24,31,38-39H,3,16-17,19,21-22H2,1-2H3/t24?,31-,35-/m1/s1. The minimum Gasteiger partial charge on any atom is -0.491 e. The lowest BCUT2D eigenvalue weighted by molar-refractivity contribution is -0.178. The molecule has 2 N–H and O–H groups in total. The van der Waals surface area contributed by atoms with E-state index < -0.39 is 5.79 Å². The number of nitrogens with zero attached hydrogens (tertiary/aromatic N) is 5. The van der Waals surface area contributed by atoms with Crippen LogP contribution < -0.4 is 21.1 Å². The van der Waals surface area contributed by atoms with E-state index in [9.17, 15) is 4.79 Å². The quantitative estimate of drug-likeness (QED) is 0.126. The van der Waals surface area contributed by atoms with Crippen LogP contribution in [0.5, 0.6) is 5.75 Å². The molecule has 1 aliphatic rings. The van der Waals surface area contributed by atoms with Crippen molar-refractivity contribution in [3.05, 3.63) is 123 Å². The molecule has 3 aromatic carbocycles. The zero-order chi connectivity index (χ0) is 33.5. The van der Waals surface area contributed by atoms with Gasteiger partial charge in [-0.2, -0.15) is 15.3 Å². The summed E-state index contributed by atoms with van der Waals surface area (Å²) in [6, 6.07) is 22.8. The number of ether oxygens (including phenoxy) is 3. The van der Waals surface area contributed by atoms with Crippen LogP contribution in [0.1, 0.15) is 37.4 Å². The number of halogens is 2. The van der Waals surface area contributed by atoms with Gasteiger partial charge in [-0.15, -0.1) is 0 Å². The van der Waals surface area contributed by atoms with Gasteiger partial charge in [0.1, 0.15) is 24.8 Å². The summed E-state index contributed by atoms with van der Waals surface area (Å²) < 4.78 is 21.9. The maximum absolute atomic E-state index is 12.7. The average molecular weight is 691 g/mol. The second-order valence-electron chi connectivity index (χ2n) is 11.6. The summed E-state index contributed by atoms with van der Waals surface area (Å²) in [7, 11) is 0. The van der Waals surface area contributed by atoms with E-state index in [4.69, 9.17) is 37.4 Å². The molecule has 1 saturated heterocycles. The summed E-state index contributed by atoms with van der Waals surface area (Å²) in [5, 5.41) is 19.8. The molecule has 48 heavy (non-hydrogen) atoms. The van der Waals surface area contributed by atoms with E-state index in [-0.39, 0.29) is 17.8 Å². The lowest BCUT2D eigenvalue weighted by atomic mass is 9.98. The molecule has 0 saturated carbocycles. The molecule has 6 rings (SSSR count). The van der Waals surface area contributed by atoms with Gasteiger partial charge in [-0.25, -0.2) is 14.0 Å². The molecule has 11 nitrogen and oxygen atoms in total. The van der Waals surface area contributed by atoms with Gasteiger partial charge in [0, 0.05) is 42.6 Å². The van der Waals surface area contributed by atoms with Gasteiger partial charge in [-0.3, -0.25) is 0 Å². The predicted octanol–water partition coefficient (Wildman–Crippen LogP) is 6.52. The molecule has 1 aliphatic heterocycles. The van der Waals surface area contributed by atoms with Crippen molar-refractivity contribution in [3.63, 3.8) is 0 Å². The van der Waals surface area contributed by atoms with Crippen LogP contribution in [0.25, 0.3) is 5.69 Å². The molecule has 0 spiro atoms. The lowest BCUT2D eigenvalue weighted by Crippen LogP contribution is -2.32. The first-order chi connectivity index (χ1) is 23.3. The van der Waals surface area contributed by atoms with Gasteiger partial charge in [0.2, 0.25) is 0 Å². The number of hydrogen-bond donors (Lipinski definition) is 2. The number of rotatable bonds is 14. The van der Waals surface area contributed by atoms with Crippen LogP contribution in [-0.4, -0.2) is 57.0 Å². The normalized spacial score (nSPS) is 18.0. The molecule has 3 atom stereocenters. The summed E-state index contributed by atoms with van der Waals surface area (Å²) in [6.07, 6.45) is 5.85. The number of benzene rings is 3. The van der Waals surface area contributed by atoms with Crippen molar-refractivity contribution in [1.29, 1.82) is 0 Å². The first-order valence-corrected chi connectivity index (χ1v) is 16.6. The number of aromatic nitrogens is 5. The van der Waals surface area contributed by atoms with E-state index in [1.54, 1.807) is 35.4 Å². The van der Waals surface area contributed by atoms with Crippen molar-refractivity contribution in [2.45, 2.75) is 44.6 Å². The summed E-state index contributed by atoms with van der Waals surface area (Å²) in [5.74, 6) is -0.340. The van der Waals surface area contributed by atoms with Gasteiger partial charge in [-0.05, 0) is 85.6 Å². The summed E-state index contributed by atoms with van der Waals surface area (Å²) >= 11 is 12.5. The molecular formula is C35H37Cl2N7O4. The SMILES string of the molecule is CCC(C)n1ncn(-c2ccc(NCCNc3ccc(OC[C@@H]4CO[C@@](Cc5ccnnc5)(c5ccc(Cl)c(Cl)c5)O4)cc3)cc2)c1=O. The van der Waals surface area contributed by atoms with Gasteiger partial charge >= 0.3 is 5.69 Å². The van der Waals surface area contributed by atoms with Crippen LogP contribution >= 0.6 is 23.2 Å². The largest absolute Gasteiger partial charge is 0.491 e. The third-order valence-corrected chi connectivity index (χ3v) is 8.96. The molecule has 2 aromatic heterocycles. The van der Waals surface area contributed by atoms with Crippen molar-refractivity contribution in [2.24, 2.45) is 0 Å². The number of nitrogens with one attached hydrogen (secondary N) is 2. The Morgan fingerprint density at radius 3 is 2.38 bits per heavy atom. The Kier molecular flexibility index (Phi) is 10.6. The first kappa shape index (κ1) is 33.5. The third-order valence-electron chi connectivity index (χ3n) is 8.22. The van der Waals surface area contributed by atoms with Crippen molar-refractivity contribution in [1.82, 2.24) is 24.5 Å². The molecule has 1 fully saturated rings. The van der Waals surface area contributed by atoms with Crippen molar-refractivity contribution in [3.8, 4) is 11.4 Å². The Morgan fingerprint density at radius 1 is 0.979 bits per heavy atom. The topological polar surface area (TPSA) is 117 Å². The van der Waals surface area contributed by atoms with Crippen molar-refractivity contribution in [2.75, 3.05) is 36.9 Å². The molecule has 0 radical (unpaired) electrons. The van der Waals surface area contributed by atoms with Gasteiger partial charge < -0.3 is 24.8 Å². The maximum atomic E-state index is 12.7. The highest BCUT2D eigenvalue weighted by molar-refractivity contribution is 6.42. The highest BCUT2D eigenvalue weighted by Gasteiger charge is 2.44. The van der Waals surface area contributed by atoms with Crippen LogP contribution in [0, 0.1) is 0 Å². The smallest absolute Gasteiger partial charge is 0.350 e. The molecule has 5 aromatic rings. The fourth-order valence-corrected chi connectivity index (χ4v) is 5.70. The Hall–Kier alpha value is -4.42. The maximum Gasteiger partial charge on any atom is 0.350 e. The van der Waals surface area contributed by atoms with Crippen molar-refractivity contribution < 1.29 is 14.2 Å². The van der Waals surface area contributed by atoms with Gasteiger partial charge in [-0.1, -0.05) is 36.2 Å². The second-order valence-corrected chi connectivity index (χ2v) is 12.4. The molecule has 0 bridgehead atoms. The van der Waals surface area contributed by atoms with Gasteiger partial charge in [0.25, 0.3) is 0 Å². The molecule has 1 unspecified atom stereocenters. The Bertz CT molecular complexity index is 1850. The highest BCUT2D eigenvalue weighted by atomic mass is 35.5. The Morgan fingerprint density at radius 2 is 1.71 bits per heavy atom. The minimum absolute atomic E-state index is 0.0581. The summed E-state index contributed by atoms with van der Waals surface area (Å²) in [6.45, 7) is 6.09. The Balaban J connectivity index is 0.972. The van der Waals surface area contributed by atoms with E-state index in [2.05, 4.69) is 25.9 Å². The molecule has 13 heteroatoms. The van der Waals surface area contributed by atoms with E-state index >= 15 is 0 Å². The summed E-state index contributed by atoms with van der Waals surface area (Å²) in [4.78, 5) is 12.7.